The second-order valence-electron chi connectivity index (χ2n) is 10.6. The van der Waals surface area contributed by atoms with Crippen LogP contribution in [-0.2, 0) is 20.6 Å². The zero-order chi connectivity index (χ0) is 27.8. The van der Waals surface area contributed by atoms with Crippen LogP contribution in [0.25, 0.3) is 11.1 Å². The first-order chi connectivity index (χ1) is 19.4. The lowest BCUT2D eigenvalue weighted by atomic mass is 9.99. The van der Waals surface area contributed by atoms with Gasteiger partial charge in [-0.05, 0) is 54.2 Å². The molecule has 3 heterocycles. The number of fused-ring (bicyclic) bond motifs is 2. The predicted octanol–water partition coefficient (Wildman–Crippen LogP) is 6.15. The van der Waals surface area contributed by atoms with Gasteiger partial charge in [0.25, 0.3) is 0 Å². The van der Waals surface area contributed by atoms with Crippen molar-refractivity contribution in [3.63, 3.8) is 0 Å². The third-order valence-electron chi connectivity index (χ3n) is 7.81. The highest BCUT2D eigenvalue weighted by molar-refractivity contribution is 6.32. The van der Waals surface area contributed by atoms with Gasteiger partial charge in [-0.15, -0.1) is 0 Å². The maximum atomic E-state index is 15.4. The molecule has 3 aromatic rings. The van der Waals surface area contributed by atoms with E-state index in [1.165, 1.54) is 0 Å². The summed E-state index contributed by atoms with van der Waals surface area (Å²) >= 11 is 6.52. The first-order valence-corrected chi connectivity index (χ1v) is 14.1. The molecule has 40 heavy (non-hydrogen) atoms. The van der Waals surface area contributed by atoms with Crippen LogP contribution in [0, 0.1) is 18.7 Å². The Morgan fingerprint density at radius 3 is 2.73 bits per heavy atom. The van der Waals surface area contributed by atoms with Crippen LogP contribution in [0.3, 0.4) is 0 Å². The number of hydrogen-bond acceptors (Lipinski definition) is 7. The number of nitrogens with zero attached hydrogens (tertiary/aromatic N) is 2. The minimum absolute atomic E-state index is 0.0109. The van der Waals surface area contributed by atoms with Gasteiger partial charge in [-0.3, -0.25) is 0 Å². The molecule has 9 heteroatoms. The van der Waals surface area contributed by atoms with E-state index >= 15 is 4.39 Å². The van der Waals surface area contributed by atoms with Crippen LogP contribution in [-0.4, -0.2) is 54.1 Å². The fraction of sp³-hybridized carbons (Fsp3) is 0.419. The molecule has 0 spiro atoms. The summed E-state index contributed by atoms with van der Waals surface area (Å²) in [6.07, 6.45) is 0.306. The summed E-state index contributed by atoms with van der Waals surface area (Å²) < 4.78 is 39.0. The zero-order valence-corrected chi connectivity index (χ0v) is 23.2. The highest BCUT2D eigenvalue weighted by Gasteiger charge is 2.47. The van der Waals surface area contributed by atoms with E-state index in [1.807, 2.05) is 50.2 Å². The topological polar surface area (TPSA) is 82.4 Å². The average molecular weight is 567 g/mol. The Morgan fingerprint density at radius 2 is 1.93 bits per heavy atom. The normalized spacial score (nSPS) is 25.6. The van der Waals surface area contributed by atoms with Crippen molar-refractivity contribution >= 4 is 23.3 Å². The molecular formula is C31H32ClFN2O5. The van der Waals surface area contributed by atoms with Crippen LogP contribution in [0.1, 0.15) is 42.6 Å². The van der Waals surface area contributed by atoms with Crippen LogP contribution < -0.4 is 4.74 Å². The summed E-state index contributed by atoms with van der Waals surface area (Å²) in [6, 6.07) is 15.1. The van der Waals surface area contributed by atoms with Gasteiger partial charge in [0.1, 0.15) is 29.2 Å². The third kappa shape index (κ3) is 5.33. The van der Waals surface area contributed by atoms with Gasteiger partial charge in [0.2, 0.25) is 5.88 Å². The average Bonchev–Trinajstić information content (AvgIpc) is 3.66. The number of rotatable bonds is 7. The Morgan fingerprint density at radius 1 is 1.12 bits per heavy atom. The Hall–Kier alpha value is -3.04. The molecule has 2 fully saturated rings. The van der Waals surface area contributed by atoms with Crippen LogP contribution in [0.2, 0.25) is 5.02 Å². The Labute approximate surface area is 237 Å². The smallest absolute Gasteiger partial charge is 0.235 e. The summed E-state index contributed by atoms with van der Waals surface area (Å²) in [6.45, 7) is 4.92. The number of aliphatic imine (C=N–C) groups is 1. The number of ether oxygens (including phenoxy) is 4. The van der Waals surface area contributed by atoms with E-state index in [1.54, 1.807) is 12.1 Å². The van der Waals surface area contributed by atoms with E-state index < -0.39 is 12.2 Å². The first kappa shape index (κ1) is 27.1. The molecule has 3 aliphatic rings. The summed E-state index contributed by atoms with van der Waals surface area (Å²) in [5.74, 6) is 0.876. The van der Waals surface area contributed by atoms with Gasteiger partial charge in [0, 0.05) is 17.9 Å². The van der Waals surface area contributed by atoms with E-state index in [0.29, 0.717) is 54.8 Å². The lowest BCUT2D eigenvalue weighted by Crippen LogP contribution is -2.31. The molecule has 0 radical (unpaired) electrons. The van der Waals surface area contributed by atoms with Gasteiger partial charge in [-0.25, -0.2) is 4.39 Å². The molecule has 3 unspecified atom stereocenters. The van der Waals surface area contributed by atoms with Gasteiger partial charge in [-0.1, -0.05) is 54.9 Å². The molecular weight excluding hydrogens is 535 g/mol. The summed E-state index contributed by atoms with van der Waals surface area (Å²) in [5.41, 5.74) is 4.08. The van der Waals surface area contributed by atoms with Crippen molar-refractivity contribution in [2.75, 3.05) is 19.8 Å². The molecule has 1 N–H and O–H groups in total. The lowest BCUT2D eigenvalue weighted by molar-refractivity contribution is 0.0149. The van der Waals surface area contributed by atoms with Crippen molar-refractivity contribution in [2.45, 2.75) is 57.5 Å². The third-order valence-corrected chi connectivity index (χ3v) is 8.08. The quantitative estimate of drug-likeness (QED) is 0.273. The number of benzene rings is 2. The molecule has 0 bridgehead atoms. The molecule has 2 aromatic carbocycles. The first-order valence-electron chi connectivity index (χ1n) is 13.7. The van der Waals surface area contributed by atoms with Crippen molar-refractivity contribution in [1.82, 2.24) is 4.98 Å². The van der Waals surface area contributed by atoms with Crippen LogP contribution in [0.4, 0.5) is 10.2 Å². The molecule has 1 aliphatic carbocycles. The van der Waals surface area contributed by atoms with Crippen molar-refractivity contribution in [3.05, 3.63) is 76.1 Å². The van der Waals surface area contributed by atoms with Crippen molar-refractivity contribution < 1.29 is 28.4 Å². The largest absolute Gasteiger partial charge is 0.480 e. The summed E-state index contributed by atoms with van der Waals surface area (Å²) in [7, 11) is 0. The van der Waals surface area contributed by atoms with E-state index in [0.717, 1.165) is 22.3 Å². The molecule has 2 saturated heterocycles. The minimum atomic E-state index is -0.597. The van der Waals surface area contributed by atoms with Gasteiger partial charge in [-0.2, -0.15) is 9.98 Å². The number of halogens is 2. The maximum absolute atomic E-state index is 15.4. The van der Waals surface area contributed by atoms with Gasteiger partial charge >= 0.3 is 0 Å². The van der Waals surface area contributed by atoms with Crippen molar-refractivity contribution in [2.24, 2.45) is 10.9 Å². The van der Waals surface area contributed by atoms with E-state index in [2.05, 4.69) is 9.98 Å². The van der Waals surface area contributed by atoms with Crippen LogP contribution in [0.5, 0.6) is 5.88 Å². The Bertz CT molecular complexity index is 1420. The van der Waals surface area contributed by atoms with E-state index in [-0.39, 0.29) is 36.4 Å². The number of aryl methyl sites for hydroxylation is 2. The number of aromatic nitrogens is 1. The van der Waals surface area contributed by atoms with Crippen LogP contribution in [0.15, 0.2) is 53.5 Å². The summed E-state index contributed by atoms with van der Waals surface area (Å²) in [4.78, 5) is 9.27. The predicted molar refractivity (Wildman–Crippen MR) is 150 cm³/mol. The van der Waals surface area contributed by atoms with Gasteiger partial charge in [0.15, 0.2) is 11.7 Å². The highest BCUT2D eigenvalue weighted by Crippen LogP contribution is 2.41. The molecule has 7 nitrogen and oxygen atoms in total. The van der Waals surface area contributed by atoms with Gasteiger partial charge < -0.3 is 24.1 Å². The van der Waals surface area contributed by atoms with Crippen molar-refractivity contribution in [1.29, 1.82) is 0 Å². The van der Waals surface area contributed by atoms with Crippen molar-refractivity contribution in [3.8, 4) is 17.0 Å². The SMILES string of the molecule is CCC(=Nc1nc(OC2CCc3cc(-c4ccccc4)cc(F)c32)c(Cl)cc1C)OCC1CO[C@@H]2C(O)CO[C@H]12. The number of aliphatic hydroxyl groups is 1. The molecule has 5 atom stereocenters. The second-order valence-corrected chi connectivity index (χ2v) is 11.0. The molecule has 210 valence electrons. The number of pyridine rings is 1. The standard InChI is InChI=1S/C31H32ClFN2O5/c1-3-26(37-14-21-15-38-29-24(36)16-39-28(21)29)34-30-17(2)11-22(32)31(35-30)40-25-10-9-19-12-20(13-23(33)27(19)25)18-7-5-4-6-8-18/h4-8,11-13,21,24-25,28-29,36H,3,9-10,14-16H2,1-2H3/t21?,24?,25?,28-,29-/m1/s1. The Balaban J connectivity index is 1.19. The minimum Gasteiger partial charge on any atom is -0.480 e. The molecule has 1 aromatic heterocycles. The maximum Gasteiger partial charge on any atom is 0.235 e. The molecule has 0 amide bonds. The highest BCUT2D eigenvalue weighted by atomic mass is 35.5. The van der Waals surface area contributed by atoms with Gasteiger partial charge in [0.05, 0.1) is 25.9 Å². The lowest BCUT2D eigenvalue weighted by Gasteiger charge is -2.18. The summed E-state index contributed by atoms with van der Waals surface area (Å²) in [5, 5.41) is 10.3. The zero-order valence-electron chi connectivity index (χ0n) is 22.5. The molecule has 2 aliphatic heterocycles. The number of hydrogen-bond donors (Lipinski definition) is 1. The fourth-order valence-electron chi connectivity index (χ4n) is 5.71. The fourth-order valence-corrected chi connectivity index (χ4v) is 5.96. The molecule has 0 saturated carbocycles. The molecule has 6 rings (SSSR count). The Kier molecular flexibility index (Phi) is 7.77. The number of aliphatic hydroxyl groups excluding tert-OH is 1. The van der Waals surface area contributed by atoms with Crippen LogP contribution >= 0.6 is 11.6 Å². The second kappa shape index (κ2) is 11.4. The van der Waals surface area contributed by atoms with E-state index in [4.69, 9.17) is 30.5 Å². The monoisotopic (exact) mass is 566 g/mol. The van der Waals surface area contributed by atoms with E-state index in [9.17, 15) is 5.11 Å².